The number of rotatable bonds is 4. The molecule has 7 heteroatoms. The van der Waals surface area contributed by atoms with Crippen LogP contribution in [0.3, 0.4) is 0 Å². The lowest BCUT2D eigenvalue weighted by Crippen LogP contribution is -1.92. The molecule has 162 valence electrons. The van der Waals surface area contributed by atoms with Crippen LogP contribution in [0.25, 0.3) is 21.9 Å². The van der Waals surface area contributed by atoms with Crippen molar-refractivity contribution in [3.8, 4) is 16.9 Å². The van der Waals surface area contributed by atoms with E-state index in [1.165, 1.54) is 11.1 Å². The molecule has 0 aliphatic carbocycles. The maximum Gasteiger partial charge on any atom is 0.153 e. The number of fused-ring (bicyclic) bond motifs is 1. The number of phenols is 1. The fourth-order valence-electron chi connectivity index (χ4n) is 3.60. The van der Waals surface area contributed by atoms with Gasteiger partial charge in [-0.3, -0.25) is 0 Å². The molecular formula is C25H23N3O2S2. The predicted octanol–water partition coefficient (Wildman–Crippen LogP) is 7.99. The molecule has 4 N–H and O–H groups in total. The lowest BCUT2D eigenvalue weighted by Gasteiger charge is -2.11. The number of nitrogens with two attached hydrogens (primary N) is 1. The van der Waals surface area contributed by atoms with E-state index in [-0.39, 0.29) is 17.1 Å². The molecule has 0 radical (unpaired) electrons. The molecule has 0 heterocycles. The van der Waals surface area contributed by atoms with E-state index in [1.54, 1.807) is 18.2 Å². The molecule has 4 rings (SSSR count). The third-order valence-electron chi connectivity index (χ3n) is 5.64. The van der Waals surface area contributed by atoms with Crippen LogP contribution in [-0.4, -0.2) is 9.66 Å². The van der Waals surface area contributed by atoms with Gasteiger partial charge in [0.2, 0.25) is 0 Å². The minimum absolute atomic E-state index is 0.0978. The van der Waals surface area contributed by atoms with Crippen LogP contribution in [-0.2, 0) is 0 Å². The van der Waals surface area contributed by atoms with Gasteiger partial charge >= 0.3 is 0 Å². The van der Waals surface area contributed by atoms with Gasteiger partial charge < -0.3 is 15.4 Å². The van der Waals surface area contributed by atoms with E-state index in [0.717, 1.165) is 16.7 Å². The Labute approximate surface area is 196 Å². The Balaban J connectivity index is 1.71. The molecule has 0 aliphatic heterocycles. The Hall–Kier alpha value is -3.00. The molecule has 4 aromatic rings. The van der Waals surface area contributed by atoms with E-state index in [2.05, 4.69) is 61.0 Å². The molecule has 5 nitrogen and oxygen atoms in total. The van der Waals surface area contributed by atoms with Crippen molar-refractivity contribution < 1.29 is 9.66 Å². The fraction of sp³-hybridized carbons (Fsp3) is 0.120. The third kappa shape index (κ3) is 4.07. The van der Waals surface area contributed by atoms with Gasteiger partial charge in [0.1, 0.15) is 5.69 Å². The summed E-state index contributed by atoms with van der Waals surface area (Å²) in [6.45, 7) is 6.19. The van der Waals surface area contributed by atoms with Gasteiger partial charge in [-0.2, -0.15) is 5.11 Å². The molecule has 0 aromatic heterocycles. The molecule has 0 atom stereocenters. The molecule has 0 spiro atoms. The van der Waals surface area contributed by atoms with Crippen LogP contribution in [0.15, 0.2) is 74.6 Å². The molecule has 0 saturated heterocycles. The first-order valence-corrected chi connectivity index (χ1v) is 11.2. The van der Waals surface area contributed by atoms with E-state index in [9.17, 15) is 9.66 Å². The highest BCUT2D eigenvalue weighted by Crippen LogP contribution is 2.44. The van der Waals surface area contributed by atoms with Gasteiger partial charge in [-0.1, -0.05) is 30.3 Å². The number of hydrogen-bond donors (Lipinski definition) is 4. The summed E-state index contributed by atoms with van der Waals surface area (Å²) in [6.07, 6.45) is 0. The fourth-order valence-corrected chi connectivity index (χ4v) is 4.38. The smallest absolute Gasteiger partial charge is 0.153 e. The molecule has 0 aliphatic rings. The minimum Gasteiger partial charge on any atom is -0.505 e. The summed E-state index contributed by atoms with van der Waals surface area (Å²) in [6, 6.07) is 17.5. The Kier molecular flexibility index (Phi) is 6.15. The second-order valence-electron chi connectivity index (χ2n) is 7.75. The summed E-state index contributed by atoms with van der Waals surface area (Å²) in [7, 11) is 0. The zero-order valence-corrected chi connectivity index (χ0v) is 19.6. The molecule has 4 aromatic carbocycles. The number of anilines is 1. The van der Waals surface area contributed by atoms with E-state index < -0.39 is 0 Å². The first-order valence-electron chi connectivity index (χ1n) is 9.98. The summed E-state index contributed by atoms with van der Waals surface area (Å²) in [5.74, 6) is -0.0978. The molecule has 0 saturated carbocycles. The van der Waals surface area contributed by atoms with Crippen molar-refractivity contribution in [3.63, 3.8) is 0 Å². The summed E-state index contributed by atoms with van der Waals surface area (Å²) in [4.78, 5) is 1.02. The van der Waals surface area contributed by atoms with Crippen LogP contribution in [0, 0.1) is 20.8 Å². The Morgan fingerprint density at radius 3 is 2.09 bits per heavy atom. The Morgan fingerprint density at radius 1 is 0.812 bits per heavy atom. The molecule has 0 fully saturated rings. The highest BCUT2D eigenvalue weighted by molar-refractivity contribution is 7.94. The van der Waals surface area contributed by atoms with Gasteiger partial charge in [0, 0.05) is 22.3 Å². The monoisotopic (exact) mass is 461 g/mol. The predicted molar refractivity (Wildman–Crippen MR) is 136 cm³/mol. The number of aryl methyl sites for hydroxylation is 3. The summed E-state index contributed by atoms with van der Waals surface area (Å²) in [5.41, 5.74) is 13.2. The van der Waals surface area contributed by atoms with E-state index in [0.29, 0.717) is 38.3 Å². The molecule has 0 bridgehead atoms. The summed E-state index contributed by atoms with van der Waals surface area (Å²) >= 11 is 4.95. The van der Waals surface area contributed by atoms with Gasteiger partial charge in [-0.25, -0.2) is 0 Å². The SMILES string of the molecule is Cc1ccc(-c2ccc(N=Nc3ccc4c(S)cc(SO)c(N)c4c3O)c(C)c2)cc1C. The third-order valence-corrected chi connectivity index (χ3v) is 6.54. The normalized spacial score (nSPS) is 11.5. The van der Waals surface area contributed by atoms with Gasteiger partial charge in [0.15, 0.2) is 5.75 Å². The van der Waals surface area contributed by atoms with Crippen molar-refractivity contribution in [2.24, 2.45) is 10.2 Å². The van der Waals surface area contributed by atoms with Crippen LogP contribution in [0.5, 0.6) is 5.75 Å². The van der Waals surface area contributed by atoms with E-state index in [1.807, 2.05) is 19.1 Å². The number of nitrogens with zero attached hydrogens (tertiary/aromatic N) is 2. The van der Waals surface area contributed by atoms with Crippen molar-refractivity contribution in [2.45, 2.75) is 30.6 Å². The second-order valence-corrected chi connectivity index (χ2v) is 8.86. The topological polar surface area (TPSA) is 91.2 Å². The van der Waals surface area contributed by atoms with Crippen molar-refractivity contribution in [1.29, 1.82) is 0 Å². The lowest BCUT2D eigenvalue weighted by molar-refractivity contribution is 0.482. The first-order chi connectivity index (χ1) is 15.3. The van der Waals surface area contributed by atoms with Crippen LogP contribution in [0.1, 0.15) is 16.7 Å². The minimum atomic E-state index is -0.0978. The van der Waals surface area contributed by atoms with Crippen molar-refractivity contribution in [2.75, 3.05) is 5.73 Å². The Morgan fingerprint density at radius 2 is 1.44 bits per heavy atom. The number of aromatic hydroxyl groups is 1. The lowest BCUT2D eigenvalue weighted by atomic mass is 9.99. The summed E-state index contributed by atoms with van der Waals surface area (Å²) < 4.78 is 9.46. The number of azo groups is 1. The molecule has 32 heavy (non-hydrogen) atoms. The average Bonchev–Trinajstić information content (AvgIpc) is 2.77. The van der Waals surface area contributed by atoms with Crippen molar-refractivity contribution in [3.05, 3.63) is 71.3 Å². The number of hydrogen-bond acceptors (Lipinski definition) is 7. The van der Waals surface area contributed by atoms with E-state index >= 15 is 0 Å². The van der Waals surface area contributed by atoms with Gasteiger partial charge in [0.25, 0.3) is 0 Å². The second kappa shape index (κ2) is 8.86. The first kappa shape index (κ1) is 22.2. The standard InChI is InChI=1S/C25H23N3O2S2/c1-13-4-5-16(10-14(13)2)17-6-8-19(15(3)11-17)27-28-20-9-7-18-21(31)12-22(32-30)24(26)23(18)25(20)29/h4-12,29-31H,26H2,1-3H3. The maximum absolute atomic E-state index is 10.8. The summed E-state index contributed by atoms with van der Waals surface area (Å²) in [5, 5.41) is 20.5. The van der Waals surface area contributed by atoms with Crippen LogP contribution < -0.4 is 5.73 Å². The van der Waals surface area contributed by atoms with Gasteiger partial charge in [-0.15, -0.1) is 17.7 Å². The maximum atomic E-state index is 10.8. The van der Waals surface area contributed by atoms with Crippen LogP contribution in [0.2, 0.25) is 0 Å². The zero-order valence-electron chi connectivity index (χ0n) is 17.9. The zero-order chi connectivity index (χ0) is 23.0. The highest BCUT2D eigenvalue weighted by atomic mass is 32.2. The van der Waals surface area contributed by atoms with Gasteiger partial charge in [0.05, 0.1) is 21.7 Å². The van der Waals surface area contributed by atoms with Crippen LogP contribution >= 0.6 is 24.7 Å². The molecule has 0 unspecified atom stereocenters. The van der Waals surface area contributed by atoms with Gasteiger partial charge in [-0.05, 0) is 72.9 Å². The number of phenolic OH excluding ortho intramolecular Hbond substituents is 1. The largest absolute Gasteiger partial charge is 0.505 e. The highest BCUT2D eigenvalue weighted by Gasteiger charge is 2.15. The number of benzene rings is 4. The quantitative estimate of drug-likeness (QED) is 0.107. The van der Waals surface area contributed by atoms with Crippen LogP contribution in [0.4, 0.5) is 17.1 Å². The number of nitrogen functional groups attached to an aromatic ring is 1. The average molecular weight is 462 g/mol. The Bertz CT molecular complexity index is 1380. The molecular weight excluding hydrogens is 438 g/mol. The van der Waals surface area contributed by atoms with Crippen molar-refractivity contribution >= 4 is 52.5 Å². The molecule has 0 amide bonds. The van der Waals surface area contributed by atoms with E-state index in [4.69, 9.17) is 5.73 Å². The van der Waals surface area contributed by atoms with Crippen molar-refractivity contribution in [1.82, 2.24) is 0 Å². The number of thiol groups is 1.